The van der Waals surface area contributed by atoms with Crippen molar-refractivity contribution in [3.63, 3.8) is 0 Å². The molecule has 0 aromatic heterocycles. The quantitative estimate of drug-likeness (QED) is 0.0897. The number of hydrogen-bond acceptors (Lipinski definition) is 4. The van der Waals surface area contributed by atoms with E-state index in [0.717, 1.165) is 53.0 Å². The third-order valence-corrected chi connectivity index (χ3v) is 9.78. The van der Waals surface area contributed by atoms with Gasteiger partial charge in [0.25, 0.3) is 5.91 Å². The van der Waals surface area contributed by atoms with E-state index in [1.54, 1.807) is 12.2 Å². The largest absolute Gasteiger partial charge is 0.478 e. The molecule has 6 aromatic rings. The van der Waals surface area contributed by atoms with Crippen molar-refractivity contribution in [1.29, 1.82) is 0 Å². The zero-order valence-electron chi connectivity index (χ0n) is 32.9. The van der Waals surface area contributed by atoms with E-state index in [4.69, 9.17) is 5.11 Å². The van der Waals surface area contributed by atoms with Gasteiger partial charge in [-0.15, -0.1) is 0 Å². The lowest BCUT2D eigenvalue weighted by atomic mass is 9.88. The van der Waals surface area contributed by atoms with Crippen molar-refractivity contribution >= 4 is 56.3 Å². The number of rotatable bonds is 13. The van der Waals surface area contributed by atoms with E-state index < -0.39 is 21.9 Å². The van der Waals surface area contributed by atoms with Crippen LogP contribution in [-0.2, 0) is 19.6 Å². The lowest BCUT2D eigenvalue weighted by molar-refractivity contribution is -0.131. The first kappa shape index (κ1) is 42.3. The molecule has 0 atom stereocenters. The Hall–Kier alpha value is -6.83. The van der Waals surface area contributed by atoms with Gasteiger partial charge < -0.3 is 5.11 Å². The SMILES string of the molecule is CC/C(=C(\c1ccccc1)c1ccc(/C=C/C(=O)NS(C)(=O)=O)cc1)c1ccccc1.CC/C(=C(\c1ccccc1)c1ccc(/C=C/C(=O)O)cc1)c1ccccc1. The summed E-state index contributed by atoms with van der Waals surface area (Å²) in [6.45, 7) is 4.33. The fourth-order valence-corrected chi connectivity index (χ4v) is 7.08. The molecule has 0 aliphatic heterocycles. The molecule has 0 unspecified atom stereocenters. The summed E-state index contributed by atoms with van der Waals surface area (Å²) in [6.07, 6.45) is 8.30. The summed E-state index contributed by atoms with van der Waals surface area (Å²) in [5, 5.41) is 8.80. The zero-order chi connectivity index (χ0) is 41.3. The van der Waals surface area contributed by atoms with Gasteiger partial charge in [0.1, 0.15) is 0 Å². The van der Waals surface area contributed by atoms with Crippen LogP contribution < -0.4 is 4.72 Å². The van der Waals surface area contributed by atoms with Crippen LogP contribution in [0.5, 0.6) is 0 Å². The Kier molecular flexibility index (Phi) is 15.3. The molecule has 58 heavy (non-hydrogen) atoms. The van der Waals surface area contributed by atoms with Crippen LogP contribution in [0.25, 0.3) is 34.4 Å². The number of allylic oxidation sites excluding steroid dienone is 2. The molecule has 7 heteroatoms. The van der Waals surface area contributed by atoms with Gasteiger partial charge in [-0.1, -0.05) is 184 Å². The number of benzene rings is 6. The summed E-state index contributed by atoms with van der Waals surface area (Å²) in [6, 6.07) is 57.4. The molecule has 0 radical (unpaired) electrons. The average Bonchev–Trinajstić information content (AvgIpc) is 3.24. The molecule has 0 spiro atoms. The maximum Gasteiger partial charge on any atom is 0.328 e. The van der Waals surface area contributed by atoms with Gasteiger partial charge >= 0.3 is 5.97 Å². The number of carbonyl (C=O) groups is 2. The normalized spacial score (nSPS) is 12.3. The van der Waals surface area contributed by atoms with E-state index in [9.17, 15) is 18.0 Å². The fraction of sp³-hybridized carbons (Fsp3) is 0.0980. The van der Waals surface area contributed by atoms with Crippen molar-refractivity contribution in [1.82, 2.24) is 4.72 Å². The lowest BCUT2D eigenvalue weighted by Gasteiger charge is -2.16. The molecule has 292 valence electrons. The topological polar surface area (TPSA) is 101 Å². The van der Waals surface area contributed by atoms with Gasteiger partial charge in [0.2, 0.25) is 10.0 Å². The number of aliphatic carboxylic acids is 1. The second-order valence-corrected chi connectivity index (χ2v) is 15.1. The standard InChI is InChI=1S/C26H25NO3S.C25H22O2/c1-3-24(21-10-6-4-7-11-21)26(22-12-8-5-9-13-22)23-17-14-20(15-18-23)16-19-25(28)27-31(2,29)30;1-2-23(20-9-5-3-6-10-20)25(21-11-7-4-8-12-21)22-16-13-19(14-17-22)15-18-24(26)27/h4-19H,3H2,1-2H3,(H,27,28);3-18H,2H2,1H3,(H,26,27)/b19-16+,26-24-;18-15+,25-23-. The Labute approximate surface area is 342 Å². The first-order valence-electron chi connectivity index (χ1n) is 19.1. The molecule has 6 aromatic carbocycles. The number of nitrogens with one attached hydrogen (secondary N) is 1. The van der Waals surface area contributed by atoms with Crippen molar-refractivity contribution in [2.75, 3.05) is 6.26 Å². The van der Waals surface area contributed by atoms with Gasteiger partial charge in [-0.2, -0.15) is 0 Å². The highest BCUT2D eigenvalue weighted by atomic mass is 32.2. The number of amides is 1. The van der Waals surface area contributed by atoms with Crippen LogP contribution in [0.3, 0.4) is 0 Å². The molecule has 6 rings (SSSR count). The van der Waals surface area contributed by atoms with Crippen LogP contribution in [0.15, 0.2) is 182 Å². The Morgan fingerprint density at radius 2 is 0.793 bits per heavy atom. The van der Waals surface area contributed by atoms with Gasteiger partial charge in [0.15, 0.2) is 0 Å². The fourth-order valence-electron chi connectivity index (χ4n) is 6.65. The Balaban J connectivity index is 0.000000223. The number of hydrogen-bond donors (Lipinski definition) is 2. The molecule has 0 aliphatic carbocycles. The van der Waals surface area contributed by atoms with Crippen molar-refractivity contribution in [2.24, 2.45) is 0 Å². The molecule has 0 heterocycles. The van der Waals surface area contributed by atoms with Crippen LogP contribution >= 0.6 is 0 Å². The van der Waals surface area contributed by atoms with E-state index >= 15 is 0 Å². The Morgan fingerprint density at radius 1 is 0.483 bits per heavy atom. The Morgan fingerprint density at radius 3 is 1.10 bits per heavy atom. The van der Waals surface area contributed by atoms with Crippen molar-refractivity contribution in [3.8, 4) is 0 Å². The summed E-state index contributed by atoms with van der Waals surface area (Å²) in [5.74, 6) is -1.62. The second kappa shape index (κ2) is 20.9. The van der Waals surface area contributed by atoms with Crippen LogP contribution in [0.4, 0.5) is 0 Å². The van der Waals surface area contributed by atoms with Crippen LogP contribution in [0.2, 0.25) is 0 Å². The van der Waals surface area contributed by atoms with Crippen LogP contribution in [0.1, 0.15) is 71.2 Å². The number of carboxylic acid groups (broad SMARTS) is 1. The van der Waals surface area contributed by atoms with E-state index in [1.165, 1.54) is 45.1 Å². The minimum absolute atomic E-state index is 0.672. The first-order valence-corrected chi connectivity index (χ1v) is 20.9. The van der Waals surface area contributed by atoms with E-state index in [2.05, 4.69) is 98.8 Å². The predicted molar refractivity (Wildman–Crippen MR) is 240 cm³/mol. The highest BCUT2D eigenvalue weighted by Crippen LogP contribution is 2.36. The van der Waals surface area contributed by atoms with E-state index in [-0.39, 0.29) is 0 Å². The third kappa shape index (κ3) is 12.3. The molecular weight excluding hydrogens is 739 g/mol. The summed E-state index contributed by atoms with van der Waals surface area (Å²) < 4.78 is 24.2. The monoisotopic (exact) mass is 785 g/mol. The van der Waals surface area contributed by atoms with Gasteiger partial charge in [-0.3, -0.25) is 4.79 Å². The predicted octanol–water partition coefficient (Wildman–Crippen LogP) is 11.3. The zero-order valence-corrected chi connectivity index (χ0v) is 33.7. The smallest absolute Gasteiger partial charge is 0.328 e. The molecule has 0 aliphatic rings. The molecule has 2 N–H and O–H groups in total. The third-order valence-electron chi connectivity index (χ3n) is 9.21. The summed E-state index contributed by atoms with van der Waals surface area (Å²) >= 11 is 0. The molecule has 0 saturated heterocycles. The lowest BCUT2D eigenvalue weighted by Crippen LogP contribution is -2.27. The van der Waals surface area contributed by atoms with Crippen LogP contribution in [0, 0.1) is 0 Å². The first-order chi connectivity index (χ1) is 28.1. The number of sulfonamides is 1. The van der Waals surface area contributed by atoms with Crippen molar-refractivity contribution < 1.29 is 23.1 Å². The summed E-state index contributed by atoms with van der Waals surface area (Å²) in [5.41, 5.74) is 13.5. The minimum atomic E-state index is -3.57. The second-order valence-electron chi connectivity index (χ2n) is 13.4. The van der Waals surface area contributed by atoms with E-state index in [1.807, 2.05) is 89.7 Å². The highest BCUT2D eigenvalue weighted by Gasteiger charge is 2.14. The summed E-state index contributed by atoms with van der Waals surface area (Å²) in [7, 11) is -3.57. The molecule has 0 fully saturated rings. The highest BCUT2D eigenvalue weighted by molar-refractivity contribution is 7.89. The van der Waals surface area contributed by atoms with Crippen LogP contribution in [-0.4, -0.2) is 31.7 Å². The molecule has 6 nitrogen and oxygen atoms in total. The molecule has 1 amide bonds. The number of carboxylic acids is 1. The molecule has 0 saturated carbocycles. The number of carbonyl (C=O) groups excluding carboxylic acids is 1. The van der Waals surface area contributed by atoms with Gasteiger partial charge in [-0.25, -0.2) is 17.9 Å². The molecule has 0 bridgehead atoms. The maximum atomic E-state index is 11.7. The molecular formula is C51H47NO5S. The van der Waals surface area contributed by atoms with Gasteiger partial charge in [0.05, 0.1) is 6.26 Å². The van der Waals surface area contributed by atoms with E-state index in [0.29, 0.717) is 0 Å². The average molecular weight is 786 g/mol. The van der Waals surface area contributed by atoms with Gasteiger partial charge in [0, 0.05) is 12.2 Å². The van der Waals surface area contributed by atoms with Gasteiger partial charge in [-0.05, 0) is 91.8 Å². The Bertz CT molecular complexity index is 2510. The minimum Gasteiger partial charge on any atom is -0.478 e. The summed E-state index contributed by atoms with van der Waals surface area (Å²) in [4.78, 5) is 22.4. The van der Waals surface area contributed by atoms with Crippen molar-refractivity contribution in [3.05, 3.63) is 227 Å². The maximum absolute atomic E-state index is 11.7. The van der Waals surface area contributed by atoms with Crippen molar-refractivity contribution in [2.45, 2.75) is 26.7 Å².